The number of thiophene rings is 1. The smallest absolute Gasteiger partial charge is 0.413 e. The number of carbonyl (C=O) groups is 2. The van der Waals surface area contributed by atoms with Crippen LogP contribution in [0.4, 0.5) is 4.79 Å². The average molecular weight is 375 g/mol. The molecular formula is C20H26N2O3S. The van der Waals surface area contributed by atoms with Crippen molar-refractivity contribution in [1.29, 1.82) is 0 Å². The molecule has 0 bridgehead atoms. The highest BCUT2D eigenvalue weighted by molar-refractivity contribution is 7.10. The van der Waals surface area contributed by atoms with E-state index >= 15 is 0 Å². The van der Waals surface area contributed by atoms with Gasteiger partial charge in [0.15, 0.2) is 0 Å². The minimum Gasteiger partial charge on any atom is -0.453 e. The summed E-state index contributed by atoms with van der Waals surface area (Å²) in [4.78, 5) is 24.5. The highest BCUT2D eigenvalue weighted by Crippen LogP contribution is 2.27. The third-order valence-electron chi connectivity index (χ3n) is 4.01. The molecule has 26 heavy (non-hydrogen) atoms. The first-order valence-electron chi connectivity index (χ1n) is 8.67. The summed E-state index contributed by atoms with van der Waals surface area (Å²) in [7, 11) is 1.23. The fraction of sp³-hybridized carbons (Fsp3) is 0.400. The van der Waals surface area contributed by atoms with Crippen LogP contribution in [0.1, 0.15) is 42.8 Å². The zero-order valence-electron chi connectivity index (χ0n) is 15.6. The number of ether oxygens (including phenoxy) is 1. The number of carbonyl (C=O) groups excluding carboxylic acids is 2. The molecule has 0 radical (unpaired) electrons. The van der Waals surface area contributed by atoms with Crippen molar-refractivity contribution in [1.82, 2.24) is 10.6 Å². The van der Waals surface area contributed by atoms with Crippen molar-refractivity contribution in [2.75, 3.05) is 7.11 Å². The molecule has 2 N–H and O–H groups in total. The summed E-state index contributed by atoms with van der Waals surface area (Å²) in [6, 6.07) is 11.8. The van der Waals surface area contributed by atoms with Gasteiger partial charge in [-0.05, 0) is 41.8 Å². The summed E-state index contributed by atoms with van der Waals surface area (Å²) in [5.74, 6) is 0.184. The molecule has 0 saturated carbocycles. The Hall–Kier alpha value is -2.18. The minimum atomic E-state index is -0.755. The monoisotopic (exact) mass is 374 g/mol. The Morgan fingerprint density at radius 2 is 1.81 bits per heavy atom. The van der Waals surface area contributed by atoms with Crippen LogP contribution in [-0.2, 0) is 16.0 Å². The summed E-state index contributed by atoms with van der Waals surface area (Å²) in [6.45, 7) is 6.13. The van der Waals surface area contributed by atoms with Crippen LogP contribution in [0.5, 0.6) is 0 Å². The second kappa shape index (κ2) is 9.50. The Kier molecular flexibility index (Phi) is 7.36. The van der Waals surface area contributed by atoms with Gasteiger partial charge in [0.25, 0.3) is 0 Å². The van der Waals surface area contributed by atoms with E-state index in [1.54, 1.807) is 18.3 Å². The van der Waals surface area contributed by atoms with Crippen LogP contribution in [0.2, 0.25) is 0 Å². The maximum absolute atomic E-state index is 12.2. The Morgan fingerprint density at radius 3 is 2.35 bits per heavy atom. The second-order valence-electron chi connectivity index (χ2n) is 6.66. The first-order valence-corrected chi connectivity index (χ1v) is 9.55. The number of rotatable bonds is 7. The van der Waals surface area contributed by atoms with Crippen molar-refractivity contribution in [3.8, 4) is 0 Å². The van der Waals surface area contributed by atoms with E-state index in [-0.39, 0.29) is 6.04 Å². The number of amides is 2. The van der Waals surface area contributed by atoms with Crippen molar-refractivity contribution in [2.24, 2.45) is 5.92 Å². The predicted molar refractivity (Wildman–Crippen MR) is 104 cm³/mol. The molecule has 0 spiro atoms. The first kappa shape index (κ1) is 20.1. The summed E-state index contributed by atoms with van der Waals surface area (Å²) in [5.41, 5.74) is 2.38. The zero-order valence-corrected chi connectivity index (χ0v) is 16.4. The van der Waals surface area contributed by atoms with Crippen molar-refractivity contribution in [2.45, 2.75) is 39.3 Å². The van der Waals surface area contributed by atoms with Crippen LogP contribution in [0.15, 0.2) is 41.8 Å². The number of hydrogen-bond acceptors (Lipinski definition) is 5. The molecule has 0 fully saturated rings. The molecule has 0 aliphatic carbocycles. The molecule has 2 atom stereocenters. The molecule has 1 aromatic heterocycles. The van der Waals surface area contributed by atoms with Crippen molar-refractivity contribution >= 4 is 23.3 Å². The molecule has 140 valence electrons. The number of nitrogens with one attached hydrogen (secondary N) is 2. The maximum Gasteiger partial charge on any atom is 0.413 e. The van der Waals surface area contributed by atoms with E-state index in [2.05, 4.69) is 53.5 Å². The average Bonchev–Trinajstić information content (AvgIpc) is 3.14. The van der Waals surface area contributed by atoms with Crippen LogP contribution in [0.3, 0.4) is 0 Å². The Labute approximate surface area is 158 Å². The molecule has 0 aliphatic rings. The van der Waals surface area contributed by atoms with Gasteiger partial charge in [0, 0.05) is 4.88 Å². The fourth-order valence-corrected chi connectivity index (χ4v) is 3.51. The van der Waals surface area contributed by atoms with Gasteiger partial charge in [-0.25, -0.2) is 4.79 Å². The van der Waals surface area contributed by atoms with E-state index in [1.807, 2.05) is 17.5 Å². The SMILES string of the molecule is COC(=O)NC(=O)[C@H](C)N[C@@H](c1ccc(CC(C)C)cc1)c1cccs1. The summed E-state index contributed by atoms with van der Waals surface area (Å²) in [6.07, 6.45) is 0.282. The standard InChI is InChI=1S/C20H26N2O3S/c1-13(2)12-15-7-9-16(10-8-15)18(17-6-5-11-26-17)21-14(3)19(23)22-20(24)25-4/h5-11,13-14,18,21H,12H2,1-4H3,(H,22,23,24)/t14-,18-/m0/s1. The van der Waals surface area contributed by atoms with Gasteiger partial charge in [-0.3, -0.25) is 15.4 Å². The Balaban J connectivity index is 2.17. The zero-order chi connectivity index (χ0) is 19.1. The lowest BCUT2D eigenvalue weighted by molar-refractivity contribution is -0.122. The van der Waals surface area contributed by atoms with E-state index in [9.17, 15) is 9.59 Å². The fourth-order valence-electron chi connectivity index (χ4n) is 2.70. The first-order chi connectivity index (χ1) is 12.4. The van der Waals surface area contributed by atoms with Gasteiger partial charge in [0.05, 0.1) is 19.2 Å². The third-order valence-corrected chi connectivity index (χ3v) is 4.94. The third kappa shape index (κ3) is 5.68. The summed E-state index contributed by atoms with van der Waals surface area (Å²) in [5, 5.41) is 7.53. The molecular weight excluding hydrogens is 348 g/mol. The molecule has 0 aliphatic heterocycles. The van der Waals surface area contributed by atoms with Crippen LogP contribution in [0.25, 0.3) is 0 Å². The van der Waals surface area contributed by atoms with E-state index in [1.165, 1.54) is 12.7 Å². The van der Waals surface area contributed by atoms with Gasteiger partial charge in [0.1, 0.15) is 0 Å². The molecule has 2 aromatic rings. The highest BCUT2D eigenvalue weighted by atomic mass is 32.1. The molecule has 2 rings (SSSR count). The van der Waals surface area contributed by atoms with Crippen LogP contribution in [0, 0.1) is 5.92 Å². The van der Waals surface area contributed by atoms with Crippen LogP contribution >= 0.6 is 11.3 Å². The van der Waals surface area contributed by atoms with Gasteiger partial charge < -0.3 is 4.74 Å². The van der Waals surface area contributed by atoms with Crippen molar-refractivity contribution < 1.29 is 14.3 Å². The molecule has 5 nitrogen and oxygen atoms in total. The van der Waals surface area contributed by atoms with Crippen molar-refractivity contribution in [3.05, 3.63) is 57.8 Å². The van der Waals surface area contributed by atoms with Crippen LogP contribution in [-0.4, -0.2) is 25.2 Å². The Bertz CT molecular complexity index is 711. The molecule has 6 heteroatoms. The molecule has 0 unspecified atom stereocenters. The predicted octanol–water partition coefficient (Wildman–Crippen LogP) is 3.90. The lowest BCUT2D eigenvalue weighted by Gasteiger charge is -2.22. The lowest BCUT2D eigenvalue weighted by atomic mass is 9.98. The second-order valence-corrected chi connectivity index (χ2v) is 7.64. The quantitative estimate of drug-likeness (QED) is 0.771. The number of methoxy groups -OCH3 is 1. The van der Waals surface area contributed by atoms with Gasteiger partial charge in [-0.1, -0.05) is 44.2 Å². The molecule has 2 amide bonds. The Morgan fingerprint density at radius 1 is 1.12 bits per heavy atom. The number of alkyl carbamates (subject to hydrolysis) is 1. The minimum absolute atomic E-state index is 0.124. The van der Waals surface area contributed by atoms with E-state index in [0.717, 1.165) is 16.9 Å². The highest BCUT2D eigenvalue weighted by Gasteiger charge is 2.22. The van der Waals surface area contributed by atoms with E-state index in [4.69, 9.17) is 0 Å². The van der Waals surface area contributed by atoms with Gasteiger partial charge in [-0.15, -0.1) is 11.3 Å². The molecule has 1 aromatic carbocycles. The van der Waals surface area contributed by atoms with Crippen molar-refractivity contribution in [3.63, 3.8) is 0 Å². The number of imide groups is 1. The topological polar surface area (TPSA) is 67.4 Å². The van der Waals surface area contributed by atoms with Gasteiger partial charge in [0.2, 0.25) is 5.91 Å². The largest absolute Gasteiger partial charge is 0.453 e. The normalized spacial score (nSPS) is 13.3. The number of hydrogen-bond donors (Lipinski definition) is 2. The molecule has 1 heterocycles. The molecule has 0 saturated heterocycles. The maximum atomic E-state index is 12.2. The van der Waals surface area contributed by atoms with E-state index < -0.39 is 18.0 Å². The lowest BCUT2D eigenvalue weighted by Crippen LogP contribution is -2.45. The van der Waals surface area contributed by atoms with Gasteiger partial charge in [-0.2, -0.15) is 0 Å². The summed E-state index contributed by atoms with van der Waals surface area (Å²) >= 11 is 1.63. The van der Waals surface area contributed by atoms with Crippen LogP contribution < -0.4 is 10.6 Å². The number of benzene rings is 1. The van der Waals surface area contributed by atoms with E-state index in [0.29, 0.717) is 5.92 Å². The summed E-state index contributed by atoms with van der Waals surface area (Å²) < 4.78 is 4.48. The van der Waals surface area contributed by atoms with Gasteiger partial charge >= 0.3 is 6.09 Å².